The van der Waals surface area contributed by atoms with E-state index in [1.807, 2.05) is 85.0 Å². The van der Waals surface area contributed by atoms with E-state index in [0.29, 0.717) is 26.1 Å². The first-order chi connectivity index (χ1) is 17.1. The van der Waals surface area contributed by atoms with Crippen LogP contribution in [0.3, 0.4) is 0 Å². The Bertz CT molecular complexity index is 901. The van der Waals surface area contributed by atoms with Gasteiger partial charge in [-0.25, -0.2) is 0 Å². The smallest absolute Gasteiger partial charge is 0.323 e. The first-order valence-corrected chi connectivity index (χ1v) is 12.1. The quantitative estimate of drug-likeness (QED) is 0.231. The van der Waals surface area contributed by atoms with Crippen LogP contribution in [0.15, 0.2) is 85.0 Å². The molecule has 0 aliphatic heterocycles. The third kappa shape index (κ3) is 7.22. The Morgan fingerprint density at radius 1 is 0.743 bits per heavy atom. The van der Waals surface area contributed by atoms with Crippen molar-refractivity contribution in [2.24, 2.45) is 17.3 Å². The molecule has 2 atom stereocenters. The van der Waals surface area contributed by atoms with Gasteiger partial charge < -0.3 is 18.9 Å². The van der Waals surface area contributed by atoms with Gasteiger partial charge in [0.05, 0.1) is 13.2 Å². The van der Waals surface area contributed by atoms with Gasteiger partial charge >= 0.3 is 11.9 Å². The molecule has 2 aromatic rings. The zero-order valence-corrected chi connectivity index (χ0v) is 20.4. The second-order valence-electron chi connectivity index (χ2n) is 8.36. The SMILES string of the molecule is CCOC(=O)C1(C(=O)OCC)C[C@@H](/C=C/COc2ccccc2)[C@H](/C=C/COc2ccccc2)C1. The molecule has 0 unspecified atom stereocenters. The van der Waals surface area contributed by atoms with Crippen molar-refractivity contribution >= 4 is 11.9 Å². The van der Waals surface area contributed by atoms with E-state index in [1.54, 1.807) is 13.8 Å². The first kappa shape index (κ1) is 26.1. The highest BCUT2D eigenvalue weighted by molar-refractivity contribution is 6.00. The molecule has 186 valence electrons. The van der Waals surface area contributed by atoms with Crippen LogP contribution in [0, 0.1) is 17.3 Å². The van der Waals surface area contributed by atoms with Crippen LogP contribution in [-0.4, -0.2) is 38.4 Å². The van der Waals surface area contributed by atoms with Gasteiger partial charge in [0, 0.05) is 0 Å². The highest BCUT2D eigenvalue weighted by Crippen LogP contribution is 2.48. The maximum absolute atomic E-state index is 13.0. The summed E-state index contributed by atoms with van der Waals surface area (Å²) in [5.41, 5.74) is -1.32. The van der Waals surface area contributed by atoms with Crippen molar-refractivity contribution in [3.63, 3.8) is 0 Å². The van der Waals surface area contributed by atoms with Crippen molar-refractivity contribution in [1.29, 1.82) is 0 Å². The molecule has 1 aliphatic rings. The molecular weight excluding hydrogens is 444 g/mol. The molecule has 35 heavy (non-hydrogen) atoms. The number of hydrogen-bond acceptors (Lipinski definition) is 6. The number of allylic oxidation sites excluding steroid dienone is 2. The Morgan fingerprint density at radius 3 is 1.51 bits per heavy atom. The summed E-state index contributed by atoms with van der Waals surface area (Å²) in [7, 11) is 0. The lowest BCUT2D eigenvalue weighted by Crippen LogP contribution is -2.40. The minimum absolute atomic E-state index is 0.0591. The minimum Gasteiger partial charge on any atom is -0.490 e. The molecule has 6 nitrogen and oxygen atoms in total. The summed E-state index contributed by atoms with van der Waals surface area (Å²) in [6.45, 7) is 4.66. The van der Waals surface area contributed by atoms with E-state index in [-0.39, 0.29) is 25.0 Å². The summed E-state index contributed by atoms with van der Waals surface area (Å²) in [5.74, 6) is 0.408. The van der Waals surface area contributed by atoms with Gasteiger partial charge in [-0.05, 0) is 62.8 Å². The zero-order chi connectivity index (χ0) is 24.9. The summed E-state index contributed by atoms with van der Waals surface area (Å²) in [6, 6.07) is 19.1. The monoisotopic (exact) mass is 478 g/mol. The summed E-state index contributed by atoms with van der Waals surface area (Å²) in [6.07, 6.45) is 8.56. The summed E-state index contributed by atoms with van der Waals surface area (Å²) in [4.78, 5) is 26.0. The summed E-state index contributed by atoms with van der Waals surface area (Å²) < 4.78 is 22.2. The average molecular weight is 479 g/mol. The number of carbonyl (C=O) groups is 2. The van der Waals surface area contributed by atoms with E-state index in [2.05, 4.69) is 0 Å². The van der Waals surface area contributed by atoms with E-state index in [4.69, 9.17) is 18.9 Å². The van der Waals surface area contributed by atoms with E-state index >= 15 is 0 Å². The normalized spacial score (nSPS) is 19.0. The van der Waals surface area contributed by atoms with E-state index in [0.717, 1.165) is 11.5 Å². The van der Waals surface area contributed by atoms with Gasteiger partial charge in [0.15, 0.2) is 5.41 Å². The van der Waals surface area contributed by atoms with Crippen LogP contribution < -0.4 is 9.47 Å². The Morgan fingerprint density at radius 2 is 1.14 bits per heavy atom. The van der Waals surface area contributed by atoms with Crippen molar-refractivity contribution in [2.75, 3.05) is 26.4 Å². The van der Waals surface area contributed by atoms with Crippen molar-refractivity contribution in [2.45, 2.75) is 26.7 Å². The number of benzene rings is 2. The van der Waals surface area contributed by atoms with E-state index < -0.39 is 17.4 Å². The lowest BCUT2D eigenvalue weighted by atomic mass is 9.84. The number of carbonyl (C=O) groups excluding carboxylic acids is 2. The molecule has 0 amide bonds. The molecule has 1 saturated carbocycles. The van der Waals surface area contributed by atoms with E-state index in [9.17, 15) is 9.59 Å². The fourth-order valence-corrected chi connectivity index (χ4v) is 4.35. The Hall–Kier alpha value is -3.54. The van der Waals surface area contributed by atoms with Crippen molar-refractivity contribution < 1.29 is 28.5 Å². The average Bonchev–Trinajstić information content (AvgIpc) is 3.26. The zero-order valence-electron chi connectivity index (χ0n) is 20.4. The van der Waals surface area contributed by atoms with Crippen LogP contribution in [0.2, 0.25) is 0 Å². The molecule has 0 radical (unpaired) electrons. The molecule has 0 spiro atoms. The molecule has 2 aromatic carbocycles. The Labute approximate surface area is 207 Å². The van der Waals surface area contributed by atoms with Gasteiger partial charge in [-0.15, -0.1) is 0 Å². The maximum Gasteiger partial charge on any atom is 0.323 e. The number of hydrogen-bond donors (Lipinski definition) is 0. The fraction of sp³-hybridized carbons (Fsp3) is 0.379. The number of para-hydroxylation sites is 2. The Balaban J connectivity index is 1.74. The standard InChI is InChI=1S/C29H34O6/c1-3-32-27(30)29(28(31)33-4-2)21-23(13-11-19-34-25-15-7-5-8-16-25)24(22-29)14-12-20-35-26-17-9-6-10-18-26/h5-18,23-24H,3-4,19-22H2,1-2H3/b13-11+,14-12+/t23-,24-/m1/s1. The predicted octanol–water partition coefficient (Wildman–Crippen LogP) is 5.40. The summed E-state index contributed by atoms with van der Waals surface area (Å²) >= 11 is 0. The van der Waals surface area contributed by atoms with Crippen molar-refractivity contribution in [3.05, 3.63) is 85.0 Å². The molecule has 3 rings (SSSR count). The van der Waals surface area contributed by atoms with Gasteiger partial charge in [-0.1, -0.05) is 60.7 Å². The molecule has 0 heterocycles. The molecule has 0 saturated heterocycles. The Kier molecular flexibility index (Phi) is 9.96. The highest BCUT2D eigenvalue weighted by Gasteiger charge is 2.56. The van der Waals surface area contributed by atoms with Crippen LogP contribution >= 0.6 is 0 Å². The van der Waals surface area contributed by atoms with Gasteiger partial charge in [0.2, 0.25) is 0 Å². The second-order valence-corrected chi connectivity index (χ2v) is 8.36. The predicted molar refractivity (Wildman–Crippen MR) is 134 cm³/mol. The maximum atomic E-state index is 13.0. The molecule has 1 fully saturated rings. The van der Waals surface area contributed by atoms with E-state index in [1.165, 1.54) is 0 Å². The first-order valence-electron chi connectivity index (χ1n) is 12.1. The number of rotatable bonds is 12. The largest absolute Gasteiger partial charge is 0.490 e. The molecule has 6 heteroatoms. The highest BCUT2D eigenvalue weighted by atomic mass is 16.6. The lowest BCUT2D eigenvalue weighted by Gasteiger charge is -2.24. The van der Waals surface area contributed by atoms with Crippen LogP contribution in [0.1, 0.15) is 26.7 Å². The van der Waals surface area contributed by atoms with Gasteiger partial charge in [0.1, 0.15) is 24.7 Å². The fourth-order valence-electron chi connectivity index (χ4n) is 4.35. The third-order valence-electron chi connectivity index (χ3n) is 6.00. The van der Waals surface area contributed by atoms with Crippen LogP contribution in [0.4, 0.5) is 0 Å². The lowest BCUT2D eigenvalue weighted by molar-refractivity contribution is -0.171. The van der Waals surface area contributed by atoms with Crippen molar-refractivity contribution in [3.8, 4) is 11.5 Å². The van der Waals surface area contributed by atoms with Gasteiger partial charge in [0.25, 0.3) is 0 Å². The molecule has 0 aromatic heterocycles. The van der Waals surface area contributed by atoms with Crippen LogP contribution in [0.25, 0.3) is 0 Å². The van der Waals surface area contributed by atoms with Gasteiger partial charge in [-0.2, -0.15) is 0 Å². The topological polar surface area (TPSA) is 71.1 Å². The van der Waals surface area contributed by atoms with Gasteiger partial charge in [-0.3, -0.25) is 9.59 Å². The minimum atomic E-state index is -1.32. The number of esters is 2. The number of ether oxygens (including phenoxy) is 4. The molecular formula is C29H34O6. The second kappa shape index (κ2) is 13.4. The van der Waals surface area contributed by atoms with Crippen LogP contribution in [0.5, 0.6) is 11.5 Å². The summed E-state index contributed by atoms with van der Waals surface area (Å²) in [5, 5.41) is 0. The third-order valence-corrected chi connectivity index (χ3v) is 6.00. The van der Waals surface area contributed by atoms with Crippen LogP contribution in [-0.2, 0) is 19.1 Å². The van der Waals surface area contributed by atoms with Crippen molar-refractivity contribution in [1.82, 2.24) is 0 Å². The molecule has 1 aliphatic carbocycles. The molecule has 0 bridgehead atoms. The molecule has 0 N–H and O–H groups in total.